The van der Waals surface area contributed by atoms with E-state index in [9.17, 15) is 0 Å². The zero-order valence-corrected chi connectivity index (χ0v) is 10.4. The van der Waals surface area contributed by atoms with E-state index in [1.807, 2.05) is 18.8 Å². The first kappa shape index (κ1) is 11.8. The first-order valence-electron chi connectivity index (χ1n) is 5.79. The van der Waals surface area contributed by atoms with Crippen molar-refractivity contribution < 1.29 is 0 Å². The molecule has 0 amide bonds. The summed E-state index contributed by atoms with van der Waals surface area (Å²) in [5, 5.41) is 18.3. The maximum absolute atomic E-state index is 4.44. The summed E-state index contributed by atoms with van der Waals surface area (Å²) in [4.78, 5) is 0. The topological polar surface area (TPSA) is 71.4 Å². The Kier molecular flexibility index (Phi) is 3.53. The molecule has 0 aromatic carbocycles. The van der Waals surface area contributed by atoms with Gasteiger partial charge in [-0.05, 0) is 19.5 Å². The standard InChI is InChI=1S/C11H18N6/c1-4-8-5-9(17(3)15-8)6-10(12-2)11-7-13-16-14-11/h5,7,10,12H,4,6H2,1-3H3,(H,13,14,16). The molecule has 0 saturated heterocycles. The van der Waals surface area contributed by atoms with E-state index in [1.165, 1.54) is 5.69 Å². The molecule has 6 heteroatoms. The fourth-order valence-corrected chi connectivity index (χ4v) is 1.88. The van der Waals surface area contributed by atoms with Crippen molar-refractivity contribution in [2.24, 2.45) is 7.05 Å². The second-order valence-electron chi connectivity index (χ2n) is 4.04. The summed E-state index contributed by atoms with van der Waals surface area (Å²) in [6, 6.07) is 2.30. The van der Waals surface area contributed by atoms with Gasteiger partial charge in [-0.2, -0.15) is 20.5 Å². The van der Waals surface area contributed by atoms with Gasteiger partial charge < -0.3 is 5.32 Å². The van der Waals surface area contributed by atoms with Crippen molar-refractivity contribution in [2.75, 3.05) is 7.05 Å². The van der Waals surface area contributed by atoms with Crippen LogP contribution in [0.2, 0.25) is 0 Å². The van der Waals surface area contributed by atoms with Crippen molar-refractivity contribution in [3.05, 3.63) is 29.3 Å². The second kappa shape index (κ2) is 5.09. The normalized spacial score (nSPS) is 12.9. The molecule has 2 N–H and O–H groups in total. The number of nitrogens with zero attached hydrogens (tertiary/aromatic N) is 4. The fourth-order valence-electron chi connectivity index (χ4n) is 1.88. The zero-order chi connectivity index (χ0) is 12.3. The number of rotatable bonds is 5. The van der Waals surface area contributed by atoms with Crippen LogP contribution < -0.4 is 5.32 Å². The molecule has 0 aliphatic rings. The molecule has 0 radical (unpaired) electrons. The molecule has 0 bridgehead atoms. The van der Waals surface area contributed by atoms with Gasteiger partial charge in [0.15, 0.2) is 0 Å². The minimum atomic E-state index is 0.161. The van der Waals surface area contributed by atoms with Gasteiger partial charge in [-0.1, -0.05) is 6.92 Å². The second-order valence-corrected chi connectivity index (χ2v) is 4.04. The largest absolute Gasteiger partial charge is 0.311 e. The van der Waals surface area contributed by atoms with Crippen LogP contribution in [0.3, 0.4) is 0 Å². The molecule has 0 spiro atoms. The summed E-state index contributed by atoms with van der Waals surface area (Å²) < 4.78 is 1.93. The number of likely N-dealkylation sites (N-methyl/N-ethyl adjacent to an activating group) is 1. The highest BCUT2D eigenvalue weighted by molar-refractivity contribution is 5.14. The van der Waals surface area contributed by atoms with Gasteiger partial charge in [-0.15, -0.1) is 0 Å². The lowest BCUT2D eigenvalue weighted by atomic mass is 10.1. The molecule has 1 unspecified atom stereocenters. The van der Waals surface area contributed by atoms with Crippen LogP contribution >= 0.6 is 0 Å². The van der Waals surface area contributed by atoms with Crippen molar-refractivity contribution in [2.45, 2.75) is 25.8 Å². The van der Waals surface area contributed by atoms with Gasteiger partial charge in [-0.3, -0.25) is 4.68 Å². The van der Waals surface area contributed by atoms with E-state index in [0.717, 1.165) is 24.2 Å². The molecule has 17 heavy (non-hydrogen) atoms. The van der Waals surface area contributed by atoms with Gasteiger partial charge in [0, 0.05) is 19.2 Å². The van der Waals surface area contributed by atoms with E-state index in [0.29, 0.717) is 0 Å². The summed E-state index contributed by atoms with van der Waals surface area (Å²) in [6.45, 7) is 2.11. The molecule has 6 nitrogen and oxygen atoms in total. The minimum absolute atomic E-state index is 0.161. The lowest BCUT2D eigenvalue weighted by Gasteiger charge is -2.12. The van der Waals surface area contributed by atoms with Crippen LogP contribution in [0.1, 0.15) is 30.0 Å². The molecular formula is C11H18N6. The SMILES string of the molecule is CCc1cc(CC(NC)c2cn[nH]n2)n(C)n1. The molecular weight excluding hydrogens is 216 g/mol. The highest BCUT2D eigenvalue weighted by Crippen LogP contribution is 2.15. The molecule has 2 aromatic rings. The minimum Gasteiger partial charge on any atom is -0.311 e. The molecule has 2 rings (SSSR count). The number of hydrogen-bond acceptors (Lipinski definition) is 4. The van der Waals surface area contributed by atoms with Crippen molar-refractivity contribution in [1.82, 2.24) is 30.5 Å². The molecule has 0 aliphatic carbocycles. The summed E-state index contributed by atoms with van der Waals surface area (Å²) in [6.07, 6.45) is 3.56. The summed E-state index contributed by atoms with van der Waals surface area (Å²) >= 11 is 0. The first-order chi connectivity index (χ1) is 8.24. The van der Waals surface area contributed by atoms with E-state index >= 15 is 0 Å². The van der Waals surface area contributed by atoms with Crippen molar-refractivity contribution >= 4 is 0 Å². The van der Waals surface area contributed by atoms with Gasteiger partial charge in [0.25, 0.3) is 0 Å². The molecule has 2 heterocycles. The molecule has 0 fully saturated rings. The monoisotopic (exact) mass is 234 g/mol. The van der Waals surface area contributed by atoms with Gasteiger partial charge in [0.1, 0.15) is 0 Å². The Morgan fingerprint density at radius 2 is 2.35 bits per heavy atom. The average Bonchev–Trinajstić information content (AvgIpc) is 2.96. The number of aromatic amines is 1. The summed E-state index contributed by atoms with van der Waals surface area (Å²) in [5.41, 5.74) is 3.24. The third-order valence-corrected chi connectivity index (χ3v) is 2.94. The average molecular weight is 234 g/mol. The number of aryl methyl sites for hydroxylation is 2. The van der Waals surface area contributed by atoms with Gasteiger partial charge in [-0.25, -0.2) is 0 Å². The van der Waals surface area contributed by atoms with Crippen LogP contribution in [0.4, 0.5) is 0 Å². The molecule has 2 aromatic heterocycles. The number of hydrogen-bond donors (Lipinski definition) is 2. The third kappa shape index (κ3) is 2.52. The Morgan fingerprint density at radius 1 is 1.53 bits per heavy atom. The summed E-state index contributed by atoms with van der Waals surface area (Å²) in [7, 11) is 3.90. The fraction of sp³-hybridized carbons (Fsp3) is 0.545. The predicted octanol–water partition coefficient (Wildman–Crippen LogP) is 0.604. The maximum Gasteiger partial charge on any atom is 0.0997 e. The first-order valence-corrected chi connectivity index (χ1v) is 5.79. The Labute approximate surface area is 100 Å². The van der Waals surface area contributed by atoms with Crippen LogP contribution in [0, 0.1) is 0 Å². The lowest BCUT2D eigenvalue weighted by molar-refractivity contribution is 0.547. The molecule has 0 aliphatic heterocycles. The Bertz CT molecular complexity index is 458. The highest BCUT2D eigenvalue weighted by Gasteiger charge is 2.15. The molecule has 92 valence electrons. The van der Waals surface area contributed by atoms with Crippen LogP contribution in [0.15, 0.2) is 12.3 Å². The Morgan fingerprint density at radius 3 is 2.88 bits per heavy atom. The third-order valence-electron chi connectivity index (χ3n) is 2.94. The zero-order valence-electron chi connectivity index (χ0n) is 10.4. The van der Waals surface area contributed by atoms with E-state index in [2.05, 4.69) is 38.8 Å². The maximum atomic E-state index is 4.44. The van der Waals surface area contributed by atoms with Gasteiger partial charge in [0.2, 0.25) is 0 Å². The van der Waals surface area contributed by atoms with E-state index in [-0.39, 0.29) is 6.04 Å². The van der Waals surface area contributed by atoms with Crippen molar-refractivity contribution in [3.8, 4) is 0 Å². The van der Waals surface area contributed by atoms with Gasteiger partial charge >= 0.3 is 0 Å². The molecule has 1 atom stereocenters. The lowest BCUT2D eigenvalue weighted by Crippen LogP contribution is -2.20. The van der Waals surface area contributed by atoms with E-state index in [1.54, 1.807) is 6.20 Å². The Balaban J connectivity index is 2.15. The number of nitrogens with one attached hydrogen (secondary N) is 2. The van der Waals surface area contributed by atoms with Crippen LogP contribution in [-0.4, -0.2) is 32.2 Å². The van der Waals surface area contributed by atoms with Crippen molar-refractivity contribution in [1.29, 1.82) is 0 Å². The van der Waals surface area contributed by atoms with Crippen LogP contribution in [0.25, 0.3) is 0 Å². The molecule has 0 saturated carbocycles. The smallest absolute Gasteiger partial charge is 0.0997 e. The number of H-pyrrole nitrogens is 1. The van der Waals surface area contributed by atoms with Crippen molar-refractivity contribution in [3.63, 3.8) is 0 Å². The Hall–Kier alpha value is -1.69. The van der Waals surface area contributed by atoms with E-state index < -0.39 is 0 Å². The number of aromatic nitrogens is 5. The van der Waals surface area contributed by atoms with Gasteiger partial charge in [0.05, 0.1) is 23.6 Å². The quantitative estimate of drug-likeness (QED) is 0.795. The van der Waals surface area contributed by atoms with Crippen LogP contribution in [0.5, 0.6) is 0 Å². The van der Waals surface area contributed by atoms with E-state index in [4.69, 9.17) is 0 Å². The predicted molar refractivity (Wildman–Crippen MR) is 64.5 cm³/mol. The van der Waals surface area contributed by atoms with Crippen LogP contribution in [-0.2, 0) is 19.9 Å². The summed E-state index contributed by atoms with van der Waals surface area (Å²) in [5.74, 6) is 0. The highest BCUT2D eigenvalue weighted by atomic mass is 15.3.